The van der Waals surface area contributed by atoms with Crippen LogP contribution in [0.25, 0.3) is 0 Å². The molecular formula is C19H19ClFNO3. The summed E-state index contributed by atoms with van der Waals surface area (Å²) in [7, 11) is 0. The summed E-state index contributed by atoms with van der Waals surface area (Å²) in [6.07, 6.45) is 1.48. The predicted molar refractivity (Wildman–Crippen MR) is 93.9 cm³/mol. The van der Waals surface area contributed by atoms with Crippen LogP contribution in [0, 0.1) is 5.82 Å². The van der Waals surface area contributed by atoms with Gasteiger partial charge in [0.1, 0.15) is 19.0 Å². The van der Waals surface area contributed by atoms with Gasteiger partial charge in [-0.2, -0.15) is 0 Å². The molecule has 1 aliphatic rings. The van der Waals surface area contributed by atoms with E-state index in [9.17, 15) is 9.18 Å². The molecule has 1 aliphatic heterocycles. The van der Waals surface area contributed by atoms with Gasteiger partial charge in [0.2, 0.25) is 5.91 Å². The number of nitrogens with one attached hydrogen (secondary N) is 1. The predicted octanol–water partition coefficient (Wildman–Crippen LogP) is 3.54. The SMILES string of the molecule is O=C(CCc1cccc(F)c1)NCCc1cc(Cl)c2c(c1)OCCO2. The monoisotopic (exact) mass is 363 g/mol. The number of benzene rings is 2. The van der Waals surface area contributed by atoms with Crippen LogP contribution in [0.4, 0.5) is 4.39 Å². The quantitative estimate of drug-likeness (QED) is 0.854. The van der Waals surface area contributed by atoms with E-state index in [1.165, 1.54) is 12.1 Å². The standard InChI is InChI=1S/C19H19ClFNO3/c20-16-11-14(12-17-19(16)25-9-8-24-17)6-7-22-18(23)5-4-13-2-1-3-15(21)10-13/h1-3,10-12H,4-9H2,(H,22,23). The van der Waals surface area contributed by atoms with Crippen molar-refractivity contribution in [3.63, 3.8) is 0 Å². The summed E-state index contributed by atoms with van der Waals surface area (Å²) in [6, 6.07) is 10.0. The molecular weight excluding hydrogens is 345 g/mol. The molecule has 0 unspecified atom stereocenters. The lowest BCUT2D eigenvalue weighted by Crippen LogP contribution is -2.26. The first-order valence-corrected chi connectivity index (χ1v) is 8.59. The molecule has 2 aromatic carbocycles. The Bertz CT molecular complexity index is 766. The molecule has 2 aromatic rings. The van der Waals surface area contributed by atoms with Crippen molar-refractivity contribution in [1.82, 2.24) is 5.32 Å². The molecule has 0 aliphatic carbocycles. The van der Waals surface area contributed by atoms with E-state index >= 15 is 0 Å². The molecule has 0 fully saturated rings. The molecule has 1 amide bonds. The summed E-state index contributed by atoms with van der Waals surface area (Å²) in [4.78, 5) is 11.9. The summed E-state index contributed by atoms with van der Waals surface area (Å²) in [5.74, 6) is 0.878. The third kappa shape index (κ3) is 4.86. The molecule has 4 nitrogen and oxygen atoms in total. The molecule has 0 spiro atoms. The molecule has 6 heteroatoms. The van der Waals surface area contributed by atoms with Crippen molar-refractivity contribution >= 4 is 17.5 Å². The van der Waals surface area contributed by atoms with Gasteiger partial charge in [0.25, 0.3) is 0 Å². The van der Waals surface area contributed by atoms with Crippen LogP contribution < -0.4 is 14.8 Å². The van der Waals surface area contributed by atoms with Gasteiger partial charge in [-0.15, -0.1) is 0 Å². The number of hydrogen-bond acceptors (Lipinski definition) is 3. The highest BCUT2D eigenvalue weighted by molar-refractivity contribution is 6.32. The third-order valence-corrected chi connectivity index (χ3v) is 4.20. The van der Waals surface area contributed by atoms with Crippen molar-refractivity contribution < 1.29 is 18.7 Å². The van der Waals surface area contributed by atoms with Crippen LogP contribution >= 0.6 is 11.6 Å². The van der Waals surface area contributed by atoms with E-state index in [0.717, 1.165) is 11.1 Å². The van der Waals surface area contributed by atoms with Gasteiger partial charge in [0.05, 0.1) is 5.02 Å². The van der Waals surface area contributed by atoms with Crippen LogP contribution in [-0.2, 0) is 17.6 Å². The van der Waals surface area contributed by atoms with Crippen molar-refractivity contribution in [2.24, 2.45) is 0 Å². The number of rotatable bonds is 6. The van der Waals surface area contributed by atoms with Gasteiger partial charge in [0.15, 0.2) is 11.5 Å². The first-order valence-electron chi connectivity index (χ1n) is 8.21. The fourth-order valence-corrected chi connectivity index (χ4v) is 2.98. The van der Waals surface area contributed by atoms with E-state index in [2.05, 4.69) is 5.32 Å². The van der Waals surface area contributed by atoms with Crippen LogP contribution in [0.2, 0.25) is 5.02 Å². The Balaban J connectivity index is 1.46. The molecule has 0 aromatic heterocycles. The number of aryl methyl sites for hydroxylation is 1. The average molecular weight is 364 g/mol. The van der Waals surface area contributed by atoms with Gasteiger partial charge in [-0.05, 0) is 48.2 Å². The zero-order chi connectivity index (χ0) is 17.6. The van der Waals surface area contributed by atoms with E-state index in [-0.39, 0.29) is 11.7 Å². The van der Waals surface area contributed by atoms with Crippen molar-refractivity contribution in [2.45, 2.75) is 19.3 Å². The van der Waals surface area contributed by atoms with E-state index in [1.54, 1.807) is 6.07 Å². The molecule has 0 saturated carbocycles. The van der Waals surface area contributed by atoms with E-state index in [1.807, 2.05) is 18.2 Å². The van der Waals surface area contributed by atoms with Crippen LogP contribution in [0.1, 0.15) is 17.5 Å². The smallest absolute Gasteiger partial charge is 0.220 e. The van der Waals surface area contributed by atoms with Crippen LogP contribution in [0.3, 0.4) is 0 Å². The van der Waals surface area contributed by atoms with Crippen LogP contribution in [0.15, 0.2) is 36.4 Å². The number of ether oxygens (including phenoxy) is 2. The molecule has 0 radical (unpaired) electrons. The van der Waals surface area contributed by atoms with Crippen molar-refractivity contribution in [1.29, 1.82) is 0 Å². The molecule has 132 valence electrons. The topological polar surface area (TPSA) is 47.6 Å². The lowest BCUT2D eigenvalue weighted by Gasteiger charge is -2.20. The number of amides is 1. The Morgan fingerprint density at radius 3 is 2.80 bits per heavy atom. The Morgan fingerprint density at radius 1 is 1.12 bits per heavy atom. The highest BCUT2D eigenvalue weighted by Gasteiger charge is 2.16. The maximum atomic E-state index is 13.1. The molecule has 1 N–H and O–H groups in total. The normalized spacial score (nSPS) is 12.7. The lowest BCUT2D eigenvalue weighted by molar-refractivity contribution is -0.121. The van der Waals surface area contributed by atoms with E-state index in [0.29, 0.717) is 55.5 Å². The van der Waals surface area contributed by atoms with Crippen LogP contribution in [-0.4, -0.2) is 25.7 Å². The summed E-state index contributed by atoms with van der Waals surface area (Å²) in [6.45, 7) is 1.50. The first kappa shape index (κ1) is 17.5. The van der Waals surface area contributed by atoms with E-state index < -0.39 is 0 Å². The fraction of sp³-hybridized carbons (Fsp3) is 0.316. The molecule has 0 saturated heterocycles. The Morgan fingerprint density at radius 2 is 1.96 bits per heavy atom. The minimum Gasteiger partial charge on any atom is -0.486 e. The lowest BCUT2D eigenvalue weighted by atomic mass is 10.1. The van der Waals surface area contributed by atoms with Crippen molar-refractivity contribution in [3.05, 3.63) is 58.4 Å². The number of carbonyl (C=O) groups is 1. The zero-order valence-corrected chi connectivity index (χ0v) is 14.4. The summed E-state index contributed by atoms with van der Waals surface area (Å²) in [5.41, 5.74) is 1.79. The van der Waals surface area contributed by atoms with E-state index in [4.69, 9.17) is 21.1 Å². The third-order valence-electron chi connectivity index (χ3n) is 3.92. The maximum Gasteiger partial charge on any atom is 0.220 e. The second-order valence-corrected chi connectivity index (χ2v) is 6.24. The molecule has 0 atom stereocenters. The zero-order valence-electron chi connectivity index (χ0n) is 13.7. The number of carbonyl (C=O) groups excluding carboxylic acids is 1. The number of fused-ring (bicyclic) bond motifs is 1. The molecule has 25 heavy (non-hydrogen) atoms. The Labute approximate surface area is 150 Å². The van der Waals surface area contributed by atoms with Crippen LogP contribution in [0.5, 0.6) is 11.5 Å². The highest BCUT2D eigenvalue weighted by atomic mass is 35.5. The van der Waals surface area contributed by atoms with Gasteiger partial charge in [0, 0.05) is 13.0 Å². The fourth-order valence-electron chi connectivity index (χ4n) is 2.69. The summed E-state index contributed by atoms with van der Waals surface area (Å²) < 4.78 is 24.1. The van der Waals surface area contributed by atoms with Gasteiger partial charge >= 0.3 is 0 Å². The maximum absolute atomic E-state index is 13.1. The molecule has 0 bridgehead atoms. The summed E-state index contributed by atoms with van der Waals surface area (Å²) in [5, 5.41) is 3.39. The minimum atomic E-state index is -0.284. The Kier molecular flexibility index (Phi) is 5.76. The molecule has 3 rings (SSSR count). The second-order valence-electron chi connectivity index (χ2n) is 5.83. The summed E-state index contributed by atoms with van der Waals surface area (Å²) >= 11 is 6.20. The number of halogens is 2. The van der Waals surface area contributed by atoms with Crippen molar-refractivity contribution in [2.75, 3.05) is 19.8 Å². The van der Waals surface area contributed by atoms with Gasteiger partial charge < -0.3 is 14.8 Å². The van der Waals surface area contributed by atoms with Gasteiger partial charge in [-0.25, -0.2) is 4.39 Å². The minimum absolute atomic E-state index is 0.0621. The Hall–Kier alpha value is -2.27. The largest absolute Gasteiger partial charge is 0.486 e. The second kappa shape index (κ2) is 8.21. The highest BCUT2D eigenvalue weighted by Crippen LogP contribution is 2.38. The molecule has 1 heterocycles. The average Bonchev–Trinajstić information content (AvgIpc) is 2.60. The van der Waals surface area contributed by atoms with Gasteiger partial charge in [-0.3, -0.25) is 4.79 Å². The van der Waals surface area contributed by atoms with Crippen molar-refractivity contribution in [3.8, 4) is 11.5 Å². The number of hydrogen-bond donors (Lipinski definition) is 1. The van der Waals surface area contributed by atoms with Gasteiger partial charge in [-0.1, -0.05) is 23.7 Å². The first-order chi connectivity index (χ1) is 12.1.